The molecule has 0 radical (unpaired) electrons. The molecule has 0 atom stereocenters. The Morgan fingerprint density at radius 2 is 2.05 bits per heavy atom. The van der Waals surface area contributed by atoms with Crippen LogP contribution in [0, 0.1) is 17.2 Å². The second-order valence-electron chi connectivity index (χ2n) is 5.95. The first-order valence-electron chi connectivity index (χ1n) is 7.79. The van der Waals surface area contributed by atoms with E-state index in [9.17, 15) is 10.1 Å². The summed E-state index contributed by atoms with van der Waals surface area (Å²) >= 11 is 0. The average Bonchev–Trinajstić information content (AvgIpc) is 2.53. The predicted molar refractivity (Wildman–Crippen MR) is 89.7 cm³/mol. The first kappa shape index (κ1) is 16.0. The zero-order chi connectivity index (χ0) is 16.1. The van der Waals surface area contributed by atoms with Gasteiger partial charge in [0.2, 0.25) is 0 Å². The van der Waals surface area contributed by atoms with Crippen molar-refractivity contribution in [3.8, 4) is 17.2 Å². The Morgan fingerprint density at radius 1 is 1.27 bits per heavy atom. The Hall–Kier alpha value is -2.34. The Bertz CT molecular complexity index is 751. The molecule has 2 aromatic rings. The summed E-state index contributed by atoms with van der Waals surface area (Å²) in [5.41, 5.74) is 2.90. The number of nitrogens with zero attached hydrogens (tertiary/aromatic N) is 2. The van der Waals surface area contributed by atoms with Crippen LogP contribution >= 0.6 is 0 Å². The molecule has 0 saturated heterocycles. The number of nitriles is 1. The number of pyridine rings is 1. The van der Waals surface area contributed by atoms with Crippen LogP contribution in [0.25, 0.3) is 11.1 Å². The number of hydrogen-bond donors (Lipinski definition) is 0. The van der Waals surface area contributed by atoms with Gasteiger partial charge in [-0.15, -0.1) is 0 Å². The Morgan fingerprint density at radius 3 is 2.68 bits per heavy atom. The summed E-state index contributed by atoms with van der Waals surface area (Å²) in [7, 11) is 0. The van der Waals surface area contributed by atoms with Gasteiger partial charge < -0.3 is 4.57 Å². The van der Waals surface area contributed by atoms with Crippen LogP contribution in [0.5, 0.6) is 0 Å². The summed E-state index contributed by atoms with van der Waals surface area (Å²) in [4.78, 5) is 12.5. The lowest BCUT2D eigenvalue weighted by Gasteiger charge is -2.11. The zero-order valence-electron chi connectivity index (χ0n) is 13.5. The normalized spacial score (nSPS) is 10.7. The zero-order valence-corrected chi connectivity index (χ0v) is 13.5. The van der Waals surface area contributed by atoms with Crippen LogP contribution in [0.2, 0.25) is 0 Å². The van der Waals surface area contributed by atoms with Gasteiger partial charge in [-0.1, -0.05) is 45.0 Å². The van der Waals surface area contributed by atoms with E-state index in [1.165, 1.54) is 5.56 Å². The van der Waals surface area contributed by atoms with Crippen LogP contribution in [-0.4, -0.2) is 4.57 Å². The van der Waals surface area contributed by atoms with Crippen LogP contribution in [0.1, 0.15) is 38.3 Å². The van der Waals surface area contributed by atoms with Crippen molar-refractivity contribution in [1.29, 1.82) is 5.26 Å². The largest absolute Gasteiger partial charge is 0.314 e. The molecule has 2 rings (SSSR count). The molecule has 3 heteroatoms. The van der Waals surface area contributed by atoms with Gasteiger partial charge in [0.1, 0.15) is 11.6 Å². The molecular weight excluding hydrogens is 272 g/mol. The van der Waals surface area contributed by atoms with Crippen LogP contribution in [0.15, 0.2) is 41.3 Å². The number of rotatable bonds is 5. The fourth-order valence-electron chi connectivity index (χ4n) is 2.46. The van der Waals surface area contributed by atoms with Gasteiger partial charge in [-0.2, -0.15) is 5.26 Å². The lowest BCUT2D eigenvalue weighted by Crippen LogP contribution is -2.23. The quantitative estimate of drug-likeness (QED) is 0.837. The van der Waals surface area contributed by atoms with Crippen molar-refractivity contribution < 1.29 is 0 Å². The number of benzene rings is 1. The van der Waals surface area contributed by atoms with E-state index in [1.54, 1.807) is 10.8 Å². The highest BCUT2D eigenvalue weighted by Crippen LogP contribution is 2.22. The minimum Gasteiger partial charge on any atom is -0.314 e. The molecule has 0 fully saturated rings. The van der Waals surface area contributed by atoms with Crippen LogP contribution in [0.3, 0.4) is 0 Å². The van der Waals surface area contributed by atoms with Crippen molar-refractivity contribution >= 4 is 0 Å². The molecule has 114 valence electrons. The molecule has 0 unspecified atom stereocenters. The summed E-state index contributed by atoms with van der Waals surface area (Å²) in [6.07, 6.45) is 3.66. The molecule has 1 aromatic carbocycles. The van der Waals surface area contributed by atoms with E-state index in [2.05, 4.69) is 32.9 Å². The summed E-state index contributed by atoms with van der Waals surface area (Å²) < 4.78 is 1.64. The molecule has 22 heavy (non-hydrogen) atoms. The van der Waals surface area contributed by atoms with E-state index < -0.39 is 0 Å². The van der Waals surface area contributed by atoms with E-state index in [-0.39, 0.29) is 11.1 Å². The molecule has 0 amide bonds. The molecule has 0 bridgehead atoms. The van der Waals surface area contributed by atoms with Gasteiger partial charge >= 0.3 is 0 Å². The van der Waals surface area contributed by atoms with Gasteiger partial charge in [0.15, 0.2) is 0 Å². The third kappa shape index (κ3) is 3.46. The molecular formula is C19H22N2O. The summed E-state index contributed by atoms with van der Waals surface area (Å²) in [6.45, 7) is 7.00. The smallest absolute Gasteiger partial charge is 0.269 e. The van der Waals surface area contributed by atoms with E-state index >= 15 is 0 Å². The fourth-order valence-corrected chi connectivity index (χ4v) is 2.46. The van der Waals surface area contributed by atoms with Crippen LogP contribution in [-0.2, 0) is 13.0 Å². The minimum atomic E-state index is -0.192. The van der Waals surface area contributed by atoms with E-state index in [4.69, 9.17) is 0 Å². The Labute approximate surface area is 131 Å². The van der Waals surface area contributed by atoms with Gasteiger partial charge in [0.05, 0.1) is 0 Å². The first-order chi connectivity index (χ1) is 10.6. The Balaban J connectivity index is 2.47. The highest BCUT2D eigenvalue weighted by Gasteiger charge is 2.12. The standard InChI is InChI=1S/C19H22N2O/c1-4-15-6-5-7-16(12-15)17-9-11-21(10-8-14(2)3)19(22)18(17)13-20/h5-7,9,11-12,14H,4,8,10H2,1-3H3. The Kier molecular flexibility index (Phi) is 5.16. The van der Waals surface area contributed by atoms with Gasteiger partial charge in [0, 0.05) is 18.3 Å². The first-order valence-corrected chi connectivity index (χ1v) is 7.79. The lowest BCUT2D eigenvalue weighted by molar-refractivity contribution is 0.507. The predicted octanol–water partition coefficient (Wildman–Crippen LogP) is 4.00. The van der Waals surface area contributed by atoms with Crippen molar-refractivity contribution in [1.82, 2.24) is 4.57 Å². The highest BCUT2D eigenvalue weighted by molar-refractivity contribution is 5.70. The number of hydrogen-bond acceptors (Lipinski definition) is 2. The molecule has 0 spiro atoms. The van der Waals surface area contributed by atoms with Gasteiger partial charge in [-0.3, -0.25) is 4.79 Å². The maximum atomic E-state index is 12.5. The molecule has 0 aliphatic carbocycles. The van der Waals surface area contributed by atoms with Crippen molar-refractivity contribution in [2.45, 2.75) is 40.2 Å². The topological polar surface area (TPSA) is 45.8 Å². The molecule has 3 nitrogen and oxygen atoms in total. The highest BCUT2D eigenvalue weighted by atomic mass is 16.1. The van der Waals surface area contributed by atoms with Crippen LogP contribution < -0.4 is 5.56 Å². The van der Waals surface area contributed by atoms with Gasteiger partial charge in [-0.25, -0.2) is 0 Å². The minimum absolute atomic E-state index is 0.192. The van der Waals surface area contributed by atoms with Crippen molar-refractivity contribution in [3.05, 3.63) is 58.0 Å². The molecule has 0 saturated carbocycles. The second-order valence-corrected chi connectivity index (χ2v) is 5.95. The average molecular weight is 294 g/mol. The van der Waals surface area contributed by atoms with Crippen molar-refractivity contribution in [3.63, 3.8) is 0 Å². The third-order valence-electron chi connectivity index (χ3n) is 3.87. The lowest BCUT2D eigenvalue weighted by atomic mass is 9.99. The van der Waals surface area contributed by atoms with Crippen LogP contribution in [0.4, 0.5) is 0 Å². The van der Waals surface area contributed by atoms with E-state index in [0.29, 0.717) is 12.5 Å². The molecule has 1 heterocycles. The van der Waals surface area contributed by atoms with Crippen molar-refractivity contribution in [2.75, 3.05) is 0 Å². The molecule has 0 N–H and O–H groups in total. The fraction of sp³-hybridized carbons (Fsp3) is 0.368. The monoisotopic (exact) mass is 294 g/mol. The molecule has 1 aromatic heterocycles. The summed E-state index contributed by atoms with van der Waals surface area (Å²) in [6, 6.07) is 12.0. The van der Waals surface area contributed by atoms with Gasteiger partial charge in [-0.05, 0) is 36.0 Å². The third-order valence-corrected chi connectivity index (χ3v) is 3.87. The maximum absolute atomic E-state index is 12.5. The molecule has 0 aliphatic heterocycles. The van der Waals surface area contributed by atoms with E-state index in [0.717, 1.165) is 24.0 Å². The second kappa shape index (κ2) is 7.09. The van der Waals surface area contributed by atoms with Crippen molar-refractivity contribution in [2.24, 2.45) is 5.92 Å². The van der Waals surface area contributed by atoms with E-state index in [1.807, 2.05) is 24.3 Å². The molecule has 0 aliphatic rings. The summed E-state index contributed by atoms with van der Waals surface area (Å²) in [5.74, 6) is 0.526. The van der Waals surface area contributed by atoms with Gasteiger partial charge in [0.25, 0.3) is 5.56 Å². The number of aromatic nitrogens is 1. The number of aryl methyl sites for hydroxylation is 2. The maximum Gasteiger partial charge on any atom is 0.269 e. The summed E-state index contributed by atoms with van der Waals surface area (Å²) in [5, 5.41) is 9.43. The SMILES string of the molecule is CCc1cccc(-c2ccn(CCC(C)C)c(=O)c2C#N)c1.